The Hall–Kier alpha value is 1.33. The lowest BCUT2D eigenvalue weighted by atomic mass is 10.1. The minimum atomic E-state index is -7.40. The first-order valence-corrected chi connectivity index (χ1v) is 25.9. The van der Waals surface area contributed by atoms with Crippen molar-refractivity contribution in [2.75, 3.05) is 6.16 Å². The molecule has 0 aromatic rings. The molecule has 7 unspecified atom stereocenters. The van der Waals surface area contributed by atoms with E-state index in [0.29, 0.717) is 0 Å². The van der Waals surface area contributed by atoms with Crippen LogP contribution in [-0.4, -0.2) is 158 Å². The Balaban J connectivity index is 0. The first-order valence-electron chi connectivity index (χ1n) is 10.7. The van der Waals surface area contributed by atoms with Crippen LogP contribution in [0.4, 0.5) is 0 Å². The van der Waals surface area contributed by atoms with Crippen LogP contribution in [0.25, 0.3) is 0 Å². The van der Waals surface area contributed by atoms with Gasteiger partial charge in [-0.05, 0) is 0 Å². The van der Waals surface area contributed by atoms with E-state index in [9.17, 15) is 139 Å². The molecule has 20 N–H and O–H groups in total. The molecule has 287 valence electrons. The van der Waals surface area contributed by atoms with Gasteiger partial charge < -0.3 is 98.3 Å². The SMILES string of the molecule is O=P(O)(O)CC(C(C(C(C(C(C(C(O)(O)P(=O)(O)O)P(=O)(O)O)P(=O)(O)O)P(=O)(O)O)P(=O)(O)O)P(=O)(O)O)P(=O)(O)O)P(=O)(O)O.[B]. The maximum absolute atomic E-state index is 12.7. The lowest BCUT2D eigenvalue weighted by Gasteiger charge is -2.45. The van der Waals surface area contributed by atoms with Crippen molar-refractivity contribution in [2.24, 2.45) is 0 Å². The molecule has 0 spiro atoms. The number of hydrogen-bond donors (Lipinski definition) is 20. The van der Waals surface area contributed by atoms with E-state index in [2.05, 4.69) is 0 Å². The Kier molecular flexibility index (Phi) is 16.7. The van der Waals surface area contributed by atoms with E-state index >= 15 is 0 Å². The van der Waals surface area contributed by atoms with E-state index in [1.165, 1.54) is 0 Å². The zero-order valence-corrected chi connectivity index (χ0v) is 30.5. The fraction of sp³-hybridized carbons (Fsp3) is 1.00. The molecule has 0 aliphatic carbocycles. The summed E-state index contributed by atoms with van der Waals surface area (Å²) >= 11 is 0. The van der Waals surface area contributed by atoms with Crippen LogP contribution >= 0.6 is 68.4 Å². The Morgan fingerprint density at radius 1 is 0.375 bits per heavy atom. The van der Waals surface area contributed by atoms with E-state index in [-0.39, 0.29) is 8.41 Å². The van der Waals surface area contributed by atoms with Crippen molar-refractivity contribution in [3.63, 3.8) is 0 Å². The minimum absolute atomic E-state index is 0. The zero-order chi connectivity index (χ0) is 38.7. The van der Waals surface area contributed by atoms with Crippen LogP contribution in [0.5, 0.6) is 0 Å². The molecular formula is C9H29BO29P9. The van der Waals surface area contributed by atoms with E-state index < -0.39 is 120 Å². The summed E-state index contributed by atoms with van der Waals surface area (Å²) in [5.41, 5.74) is -37.5. The first-order chi connectivity index (χ1) is 19.8. The van der Waals surface area contributed by atoms with Crippen LogP contribution in [0.1, 0.15) is 0 Å². The average Bonchev–Trinajstić information content (AvgIpc) is 2.65. The third-order valence-corrected chi connectivity index (χ3v) is 19.9. The van der Waals surface area contributed by atoms with Crippen molar-refractivity contribution in [3.05, 3.63) is 0 Å². The molecule has 29 nitrogen and oxygen atoms in total. The normalized spacial score (nSPS) is 19.8. The summed E-state index contributed by atoms with van der Waals surface area (Å²) in [4.78, 5) is 175. The quantitative estimate of drug-likeness (QED) is 0.0368. The summed E-state index contributed by atoms with van der Waals surface area (Å²) in [6.45, 7) is 0. The molecule has 39 heteroatoms. The van der Waals surface area contributed by atoms with E-state index in [0.717, 1.165) is 0 Å². The molecule has 3 radical (unpaired) electrons. The third kappa shape index (κ3) is 13.3. The van der Waals surface area contributed by atoms with Gasteiger partial charge in [-0.1, -0.05) is 0 Å². The van der Waals surface area contributed by atoms with Crippen molar-refractivity contribution in [1.29, 1.82) is 0 Å². The monoisotopic (exact) mass is 891 g/mol. The molecule has 0 aromatic heterocycles. The third-order valence-electron chi connectivity index (χ3n) is 6.10. The van der Waals surface area contributed by atoms with Gasteiger partial charge in [-0.3, -0.25) is 41.1 Å². The van der Waals surface area contributed by atoms with E-state index in [1.54, 1.807) is 0 Å². The highest BCUT2D eigenvalue weighted by Crippen LogP contribution is 2.74. The summed E-state index contributed by atoms with van der Waals surface area (Å²) < 4.78 is 111. The smallest absolute Gasteiger partial charge is 0.355 e. The average molecular weight is 891 g/mol. The van der Waals surface area contributed by atoms with Gasteiger partial charge >= 0.3 is 68.4 Å². The van der Waals surface area contributed by atoms with Crippen LogP contribution in [0.15, 0.2) is 0 Å². The molecule has 0 bridgehead atoms. The molecule has 0 amide bonds. The molecule has 48 heavy (non-hydrogen) atoms. The van der Waals surface area contributed by atoms with Crippen molar-refractivity contribution < 1.29 is 139 Å². The van der Waals surface area contributed by atoms with Gasteiger partial charge in [-0.25, -0.2) is 0 Å². The first kappa shape index (κ1) is 51.4. The standard InChI is InChI=1S/C9H29O29P9.B/c10-9(11,47(36,37)38)8(46(33,34)35)7(45(30,31)32)6(44(27,28)29)5(43(24,25)26)4(42(21,22)23)3(41(18,19)20)2(40(15,16)17)1-39(12,13)14;/h2-8,10-11H,1H2,(H2,12,13,14)(H2,15,16,17)(H2,18,19,20)(H2,21,22,23)(H2,24,25,26)(H2,27,28,29)(H2,30,31,32)(H2,33,34,35)(H2,36,37,38);. The van der Waals surface area contributed by atoms with Gasteiger partial charge in [0.1, 0.15) is 5.66 Å². The van der Waals surface area contributed by atoms with Crippen LogP contribution in [0.2, 0.25) is 0 Å². The maximum Gasteiger partial charge on any atom is 0.385 e. The van der Waals surface area contributed by atoms with Crippen LogP contribution in [0, 0.1) is 0 Å². The number of aliphatic hydroxyl groups is 2. The van der Waals surface area contributed by atoms with Gasteiger partial charge in [0.25, 0.3) is 5.53 Å². The summed E-state index contributed by atoms with van der Waals surface area (Å²) in [6.07, 6.45) is -2.58. The van der Waals surface area contributed by atoms with E-state index in [4.69, 9.17) is 0 Å². The second kappa shape index (κ2) is 15.6. The second-order valence-corrected chi connectivity index (χ2v) is 25.6. The summed E-state index contributed by atoms with van der Waals surface area (Å²) in [6, 6.07) is 0. The van der Waals surface area contributed by atoms with Gasteiger partial charge in [0.2, 0.25) is 0 Å². The molecule has 0 rings (SSSR count). The van der Waals surface area contributed by atoms with Crippen molar-refractivity contribution in [2.45, 2.75) is 45.1 Å². The molecule has 0 aliphatic rings. The molecule has 0 saturated heterocycles. The summed E-state index contributed by atoms with van der Waals surface area (Å²) in [5.74, 6) is 0. The fourth-order valence-electron chi connectivity index (χ4n) is 4.50. The van der Waals surface area contributed by atoms with Crippen molar-refractivity contribution in [1.82, 2.24) is 0 Å². The van der Waals surface area contributed by atoms with Crippen molar-refractivity contribution >= 4 is 76.8 Å². The predicted molar refractivity (Wildman–Crippen MR) is 153 cm³/mol. The summed E-state index contributed by atoms with van der Waals surface area (Å²) in [7, 11) is -63.6. The number of hydrogen-bond acceptors (Lipinski definition) is 11. The highest BCUT2D eigenvalue weighted by Gasteiger charge is 2.72. The molecule has 0 aromatic carbocycles. The fourth-order valence-corrected chi connectivity index (χ4v) is 22.8. The molecule has 0 heterocycles. The Bertz CT molecular complexity index is 1580. The van der Waals surface area contributed by atoms with Gasteiger partial charge in [0.05, 0.1) is 40.1 Å². The van der Waals surface area contributed by atoms with Gasteiger partial charge in [0.15, 0.2) is 0 Å². The lowest BCUT2D eigenvalue weighted by molar-refractivity contribution is -0.110. The van der Waals surface area contributed by atoms with Gasteiger partial charge in [-0.2, -0.15) is 0 Å². The Morgan fingerprint density at radius 2 is 0.625 bits per heavy atom. The van der Waals surface area contributed by atoms with Crippen LogP contribution in [0.3, 0.4) is 0 Å². The highest BCUT2D eigenvalue weighted by atomic mass is 31.2. The topological polar surface area (TPSA) is 558 Å². The molecule has 0 saturated carbocycles. The predicted octanol–water partition coefficient (Wildman–Crippen LogP) is -5.58. The van der Waals surface area contributed by atoms with Gasteiger partial charge in [0, 0.05) is 8.41 Å². The van der Waals surface area contributed by atoms with Crippen LogP contribution < -0.4 is 0 Å². The molecule has 7 atom stereocenters. The van der Waals surface area contributed by atoms with Crippen LogP contribution in [-0.2, 0) is 41.1 Å². The number of rotatable bonds is 17. The molecule has 0 fully saturated rings. The lowest BCUT2D eigenvalue weighted by Crippen LogP contribution is -2.58. The largest absolute Gasteiger partial charge is 0.385 e. The Morgan fingerprint density at radius 3 is 0.812 bits per heavy atom. The van der Waals surface area contributed by atoms with E-state index in [1.807, 2.05) is 0 Å². The maximum atomic E-state index is 12.7. The zero-order valence-electron chi connectivity index (χ0n) is 22.5. The highest BCUT2D eigenvalue weighted by molar-refractivity contribution is 7.64. The minimum Gasteiger partial charge on any atom is -0.355 e. The van der Waals surface area contributed by atoms with Gasteiger partial charge in [-0.15, -0.1) is 0 Å². The summed E-state index contributed by atoms with van der Waals surface area (Å²) in [5, 5.41) is 20.0. The molecular weight excluding hydrogens is 862 g/mol. The second-order valence-electron chi connectivity index (χ2n) is 9.67. The Labute approximate surface area is 267 Å². The molecule has 0 aliphatic heterocycles. The van der Waals surface area contributed by atoms with Crippen molar-refractivity contribution in [3.8, 4) is 0 Å².